The van der Waals surface area contributed by atoms with Gasteiger partial charge in [-0.3, -0.25) is 9.97 Å². The van der Waals surface area contributed by atoms with Crippen LogP contribution in [0.5, 0.6) is 0 Å². The van der Waals surface area contributed by atoms with Crippen LogP contribution >= 0.6 is 0 Å². The molecule has 0 radical (unpaired) electrons. The van der Waals surface area contributed by atoms with Crippen LogP contribution in [0.2, 0.25) is 0 Å². The lowest BCUT2D eigenvalue weighted by molar-refractivity contribution is 1.35. The number of hydrogen-bond donors (Lipinski definition) is 0. The largest absolute Gasteiger partial charge is 0.254 e. The Bertz CT molecular complexity index is 2880. The van der Waals surface area contributed by atoms with Crippen molar-refractivity contribution in [2.75, 3.05) is 0 Å². The molecule has 5 nitrogen and oxygen atoms in total. The molecule has 0 unspecified atom stereocenters. The molecule has 0 aliphatic carbocycles. The minimum atomic E-state index is 0.862. The summed E-state index contributed by atoms with van der Waals surface area (Å²) < 4.78 is 0. The summed E-state index contributed by atoms with van der Waals surface area (Å²) >= 11 is 0. The van der Waals surface area contributed by atoms with Crippen molar-refractivity contribution in [1.82, 2.24) is 24.9 Å². The number of rotatable bonds is 3. The lowest BCUT2D eigenvalue weighted by Crippen LogP contribution is -1.93. The monoisotopic (exact) mass is 611 g/mol. The molecule has 0 saturated heterocycles. The summed E-state index contributed by atoms with van der Waals surface area (Å²) in [7, 11) is 0. The van der Waals surface area contributed by atoms with E-state index in [0.29, 0.717) is 0 Å². The molecule has 0 amide bonds. The van der Waals surface area contributed by atoms with Crippen LogP contribution in [0, 0.1) is 0 Å². The van der Waals surface area contributed by atoms with E-state index >= 15 is 0 Å². The number of pyridine rings is 5. The lowest BCUT2D eigenvalue weighted by atomic mass is 9.97. The van der Waals surface area contributed by atoms with Crippen molar-refractivity contribution in [3.05, 3.63) is 152 Å². The molecular formula is C43H25N5. The Morgan fingerprint density at radius 1 is 0.354 bits per heavy atom. The maximum atomic E-state index is 5.21. The zero-order valence-corrected chi connectivity index (χ0v) is 25.7. The molecule has 0 atom stereocenters. The molecule has 5 aromatic heterocycles. The third kappa shape index (κ3) is 4.15. The topological polar surface area (TPSA) is 64.5 Å². The van der Waals surface area contributed by atoms with Gasteiger partial charge in [0.05, 0.1) is 50.9 Å². The molecule has 0 aliphatic heterocycles. The van der Waals surface area contributed by atoms with Crippen LogP contribution in [0.4, 0.5) is 0 Å². The standard InChI is InChI=1S/C43H25N5/c1-2-7-26(8-3-1)35-22-19-30-16-17-31-20-23-36(47-42(31)41(30)46-35)27-12-14-29(15-13-27)39-33-11-5-4-10-32(33)38-34-21-18-28-9-6-24-44-40(28)43(34)45-25-37(38)48-39/h1-25H. The molecule has 0 fully saturated rings. The SMILES string of the molecule is c1ccc(-c2ccc3ccc4ccc(-c5ccc(-c6nc7cnc8c(ccc9cccnc98)c7c7ccccc67)cc5)nc4c3n2)cc1. The van der Waals surface area contributed by atoms with Crippen LogP contribution in [0.3, 0.4) is 0 Å². The van der Waals surface area contributed by atoms with Gasteiger partial charge in [-0.2, -0.15) is 0 Å². The van der Waals surface area contributed by atoms with E-state index in [-0.39, 0.29) is 0 Å². The summed E-state index contributed by atoms with van der Waals surface area (Å²) in [4.78, 5) is 25.0. The quantitative estimate of drug-likeness (QED) is 0.186. The van der Waals surface area contributed by atoms with Gasteiger partial charge in [-0.25, -0.2) is 15.0 Å². The van der Waals surface area contributed by atoms with Gasteiger partial charge in [-0.15, -0.1) is 0 Å². The van der Waals surface area contributed by atoms with E-state index in [1.807, 2.05) is 36.7 Å². The van der Waals surface area contributed by atoms with Gasteiger partial charge in [0.2, 0.25) is 0 Å². The predicted octanol–water partition coefficient (Wildman–Crippen LogP) is 10.6. The number of benzene rings is 5. The van der Waals surface area contributed by atoms with Crippen LogP contribution in [-0.2, 0) is 0 Å². The maximum Gasteiger partial charge on any atom is 0.0972 e. The highest BCUT2D eigenvalue weighted by Crippen LogP contribution is 2.37. The average molecular weight is 612 g/mol. The van der Waals surface area contributed by atoms with Gasteiger partial charge in [-0.05, 0) is 23.6 Å². The number of fused-ring (bicyclic) bond motifs is 10. The molecular weight excluding hydrogens is 587 g/mol. The highest BCUT2D eigenvalue weighted by molar-refractivity contribution is 6.23. The van der Waals surface area contributed by atoms with E-state index in [0.717, 1.165) is 99.1 Å². The Labute approximate surface area is 275 Å². The maximum absolute atomic E-state index is 5.21. The van der Waals surface area contributed by atoms with Gasteiger partial charge < -0.3 is 0 Å². The van der Waals surface area contributed by atoms with Gasteiger partial charge in [0, 0.05) is 55.2 Å². The van der Waals surface area contributed by atoms with E-state index in [1.165, 1.54) is 0 Å². The molecule has 10 rings (SSSR count). The third-order valence-corrected chi connectivity index (χ3v) is 9.32. The Hall–Kier alpha value is -6.59. The molecule has 5 heterocycles. The summed E-state index contributed by atoms with van der Waals surface area (Å²) in [5.41, 5.74) is 10.4. The zero-order chi connectivity index (χ0) is 31.6. The van der Waals surface area contributed by atoms with E-state index < -0.39 is 0 Å². The summed E-state index contributed by atoms with van der Waals surface area (Å²) in [6.45, 7) is 0. The van der Waals surface area contributed by atoms with Crippen LogP contribution in [0.25, 0.3) is 99.1 Å². The molecule has 0 spiro atoms. The highest BCUT2D eigenvalue weighted by Gasteiger charge is 2.15. The van der Waals surface area contributed by atoms with Crippen molar-refractivity contribution in [1.29, 1.82) is 0 Å². The highest BCUT2D eigenvalue weighted by atomic mass is 14.8. The second-order valence-corrected chi connectivity index (χ2v) is 12.1. The van der Waals surface area contributed by atoms with Gasteiger partial charge in [0.1, 0.15) is 0 Å². The second kappa shape index (κ2) is 10.5. The molecule has 48 heavy (non-hydrogen) atoms. The first-order valence-electron chi connectivity index (χ1n) is 16.0. The van der Waals surface area contributed by atoms with Gasteiger partial charge >= 0.3 is 0 Å². The van der Waals surface area contributed by atoms with Gasteiger partial charge in [0.25, 0.3) is 0 Å². The van der Waals surface area contributed by atoms with Crippen molar-refractivity contribution >= 4 is 65.3 Å². The van der Waals surface area contributed by atoms with Gasteiger partial charge in [-0.1, -0.05) is 121 Å². The van der Waals surface area contributed by atoms with Crippen LogP contribution in [-0.4, -0.2) is 24.9 Å². The molecule has 0 N–H and O–H groups in total. The zero-order valence-electron chi connectivity index (χ0n) is 25.7. The first-order valence-corrected chi connectivity index (χ1v) is 16.0. The fourth-order valence-electron chi connectivity index (χ4n) is 6.96. The van der Waals surface area contributed by atoms with Crippen molar-refractivity contribution in [2.24, 2.45) is 0 Å². The molecule has 0 aliphatic rings. The molecule has 222 valence electrons. The number of hydrogen-bond acceptors (Lipinski definition) is 5. The van der Waals surface area contributed by atoms with Crippen molar-refractivity contribution < 1.29 is 0 Å². The van der Waals surface area contributed by atoms with E-state index in [9.17, 15) is 0 Å². The predicted molar refractivity (Wildman–Crippen MR) is 197 cm³/mol. The van der Waals surface area contributed by atoms with E-state index in [1.54, 1.807) is 0 Å². The second-order valence-electron chi connectivity index (χ2n) is 12.1. The average Bonchev–Trinajstić information content (AvgIpc) is 3.17. The molecule has 10 aromatic rings. The number of nitrogens with zero attached hydrogens (tertiary/aromatic N) is 5. The molecule has 5 aromatic carbocycles. The van der Waals surface area contributed by atoms with E-state index in [4.69, 9.17) is 19.9 Å². The van der Waals surface area contributed by atoms with E-state index in [2.05, 4.69) is 120 Å². The molecule has 0 saturated carbocycles. The first-order chi connectivity index (χ1) is 23.8. The Morgan fingerprint density at radius 3 is 1.71 bits per heavy atom. The Kier molecular flexibility index (Phi) is 5.81. The Morgan fingerprint density at radius 2 is 0.958 bits per heavy atom. The minimum absolute atomic E-state index is 0.862. The summed E-state index contributed by atoms with van der Waals surface area (Å²) in [5, 5.41) is 7.62. The smallest absolute Gasteiger partial charge is 0.0972 e. The van der Waals surface area contributed by atoms with Crippen molar-refractivity contribution in [3.8, 4) is 33.8 Å². The van der Waals surface area contributed by atoms with Gasteiger partial charge in [0.15, 0.2) is 0 Å². The summed E-state index contributed by atoms with van der Waals surface area (Å²) in [6.07, 6.45) is 3.71. The molecule has 0 bridgehead atoms. The summed E-state index contributed by atoms with van der Waals surface area (Å²) in [5.74, 6) is 0. The lowest BCUT2D eigenvalue weighted by Gasteiger charge is -2.13. The van der Waals surface area contributed by atoms with Crippen LogP contribution < -0.4 is 0 Å². The van der Waals surface area contributed by atoms with Crippen molar-refractivity contribution in [2.45, 2.75) is 0 Å². The number of aromatic nitrogens is 5. The fraction of sp³-hybridized carbons (Fsp3) is 0. The van der Waals surface area contributed by atoms with Crippen LogP contribution in [0.15, 0.2) is 152 Å². The molecule has 5 heteroatoms. The fourth-order valence-corrected chi connectivity index (χ4v) is 6.96. The minimum Gasteiger partial charge on any atom is -0.254 e. The first kappa shape index (κ1) is 26.6. The van der Waals surface area contributed by atoms with Crippen molar-refractivity contribution in [3.63, 3.8) is 0 Å². The third-order valence-electron chi connectivity index (χ3n) is 9.32. The van der Waals surface area contributed by atoms with Crippen LogP contribution in [0.1, 0.15) is 0 Å². The normalized spacial score (nSPS) is 11.8. The Balaban J connectivity index is 1.09. The summed E-state index contributed by atoms with van der Waals surface area (Å²) in [6, 6.07) is 48.3.